The van der Waals surface area contributed by atoms with Gasteiger partial charge in [0.05, 0.1) is 0 Å². The van der Waals surface area contributed by atoms with Gasteiger partial charge in [0.2, 0.25) is 0 Å². The van der Waals surface area contributed by atoms with E-state index in [1.807, 2.05) is 12.1 Å². The zero-order chi connectivity index (χ0) is 15.5. The van der Waals surface area contributed by atoms with Gasteiger partial charge < -0.3 is 14.2 Å². The molecule has 2 aromatic rings. The summed E-state index contributed by atoms with van der Waals surface area (Å²) in [5, 5.41) is 5.41. The molecule has 5 nitrogen and oxygen atoms in total. The summed E-state index contributed by atoms with van der Waals surface area (Å²) in [5.41, 5.74) is 1.96. The van der Waals surface area contributed by atoms with E-state index in [2.05, 4.69) is 27.1 Å². The van der Waals surface area contributed by atoms with Gasteiger partial charge in [-0.1, -0.05) is 17.3 Å². The SMILES string of the molecule is c1ccc2c(CN3CCN(CC4CCOCC4)CC3)noc2c1. The highest BCUT2D eigenvalue weighted by Crippen LogP contribution is 2.21. The number of hydrogen-bond donors (Lipinski definition) is 0. The third-order valence-corrected chi connectivity index (χ3v) is 5.15. The van der Waals surface area contributed by atoms with Gasteiger partial charge in [-0.05, 0) is 30.9 Å². The zero-order valence-electron chi connectivity index (χ0n) is 13.6. The standard InChI is InChI=1S/C18H25N3O2/c1-2-4-18-16(3-1)17(19-23-18)14-21-9-7-20(8-10-21)13-15-5-11-22-12-6-15/h1-4,15H,5-14H2. The Labute approximate surface area is 137 Å². The van der Waals surface area contributed by atoms with Crippen LogP contribution in [0.15, 0.2) is 28.8 Å². The number of aromatic nitrogens is 1. The Morgan fingerprint density at radius 3 is 2.57 bits per heavy atom. The molecule has 0 amide bonds. The summed E-state index contributed by atoms with van der Waals surface area (Å²) in [6.07, 6.45) is 2.45. The third kappa shape index (κ3) is 3.57. The maximum absolute atomic E-state index is 5.46. The lowest BCUT2D eigenvalue weighted by molar-refractivity contribution is 0.0413. The highest BCUT2D eigenvalue weighted by molar-refractivity contribution is 5.79. The molecule has 0 spiro atoms. The fourth-order valence-corrected chi connectivity index (χ4v) is 3.69. The molecular weight excluding hydrogens is 290 g/mol. The number of para-hydroxylation sites is 1. The van der Waals surface area contributed by atoms with Crippen LogP contribution in [0.4, 0.5) is 0 Å². The Morgan fingerprint density at radius 1 is 1.00 bits per heavy atom. The first-order valence-electron chi connectivity index (χ1n) is 8.74. The van der Waals surface area contributed by atoms with Crippen molar-refractivity contribution in [3.05, 3.63) is 30.0 Å². The second-order valence-electron chi connectivity index (χ2n) is 6.76. The van der Waals surface area contributed by atoms with Crippen LogP contribution in [-0.2, 0) is 11.3 Å². The first-order valence-corrected chi connectivity index (χ1v) is 8.74. The van der Waals surface area contributed by atoms with Crippen molar-refractivity contribution in [2.45, 2.75) is 19.4 Å². The number of benzene rings is 1. The molecule has 5 heteroatoms. The minimum absolute atomic E-state index is 0.829. The molecule has 2 saturated heterocycles. The normalized spacial score (nSPS) is 21.9. The number of rotatable bonds is 4. The topological polar surface area (TPSA) is 41.7 Å². The van der Waals surface area contributed by atoms with E-state index in [-0.39, 0.29) is 0 Å². The molecule has 2 aliphatic rings. The Hall–Kier alpha value is -1.43. The molecule has 23 heavy (non-hydrogen) atoms. The van der Waals surface area contributed by atoms with Gasteiger partial charge in [0.25, 0.3) is 0 Å². The first-order chi connectivity index (χ1) is 11.4. The maximum atomic E-state index is 5.46. The van der Waals surface area contributed by atoms with Crippen molar-refractivity contribution in [2.75, 3.05) is 45.9 Å². The predicted octanol–water partition coefficient (Wildman–Crippen LogP) is 2.37. The summed E-state index contributed by atoms with van der Waals surface area (Å²) < 4.78 is 10.9. The van der Waals surface area contributed by atoms with Crippen molar-refractivity contribution >= 4 is 11.0 Å². The van der Waals surface area contributed by atoms with Crippen LogP contribution in [0.2, 0.25) is 0 Å². The van der Waals surface area contributed by atoms with Crippen LogP contribution >= 0.6 is 0 Å². The molecule has 3 heterocycles. The largest absolute Gasteiger partial charge is 0.381 e. The average molecular weight is 315 g/mol. The molecule has 0 aliphatic carbocycles. The van der Waals surface area contributed by atoms with Crippen LogP contribution in [0.25, 0.3) is 11.0 Å². The lowest BCUT2D eigenvalue weighted by Gasteiger charge is -2.36. The lowest BCUT2D eigenvalue weighted by Crippen LogP contribution is -2.47. The van der Waals surface area contributed by atoms with Crippen LogP contribution in [-0.4, -0.2) is 60.9 Å². The number of fused-ring (bicyclic) bond motifs is 1. The lowest BCUT2D eigenvalue weighted by atomic mass is 9.99. The molecule has 0 bridgehead atoms. The van der Waals surface area contributed by atoms with Gasteiger partial charge in [-0.3, -0.25) is 4.90 Å². The van der Waals surface area contributed by atoms with E-state index in [0.29, 0.717) is 0 Å². The van der Waals surface area contributed by atoms with Crippen LogP contribution in [0, 0.1) is 5.92 Å². The molecule has 2 fully saturated rings. The van der Waals surface area contributed by atoms with Gasteiger partial charge >= 0.3 is 0 Å². The van der Waals surface area contributed by atoms with Crippen LogP contribution in [0.3, 0.4) is 0 Å². The van der Waals surface area contributed by atoms with Crippen molar-refractivity contribution in [3.63, 3.8) is 0 Å². The van der Waals surface area contributed by atoms with E-state index in [0.717, 1.165) is 68.5 Å². The molecule has 0 unspecified atom stereocenters. The summed E-state index contributed by atoms with van der Waals surface area (Å²) in [6.45, 7) is 8.58. The van der Waals surface area contributed by atoms with Crippen molar-refractivity contribution in [3.8, 4) is 0 Å². The van der Waals surface area contributed by atoms with Crippen LogP contribution < -0.4 is 0 Å². The third-order valence-electron chi connectivity index (χ3n) is 5.15. The summed E-state index contributed by atoms with van der Waals surface area (Å²) in [5.74, 6) is 0.829. The van der Waals surface area contributed by atoms with Crippen LogP contribution in [0.5, 0.6) is 0 Å². The van der Waals surface area contributed by atoms with Gasteiger partial charge in [-0.2, -0.15) is 0 Å². The molecule has 0 radical (unpaired) electrons. The van der Waals surface area contributed by atoms with Crippen molar-refractivity contribution in [1.29, 1.82) is 0 Å². The molecule has 4 rings (SSSR count). The molecule has 1 aromatic heterocycles. The van der Waals surface area contributed by atoms with Crippen molar-refractivity contribution < 1.29 is 9.26 Å². The Bertz CT molecular complexity index is 628. The summed E-state index contributed by atoms with van der Waals surface area (Å²) in [7, 11) is 0. The summed E-state index contributed by atoms with van der Waals surface area (Å²) in [4.78, 5) is 5.11. The number of piperazine rings is 1. The molecule has 1 aromatic carbocycles. The average Bonchev–Trinajstić information content (AvgIpc) is 3.01. The van der Waals surface area contributed by atoms with E-state index in [9.17, 15) is 0 Å². The maximum Gasteiger partial charge on any atom is 0.167 e. The van der Waals surface area contributed by atoms with E-state index >= 15 is 0 Å². The quantitative estimate of drug-likeness (QED) is 0.866. The highest BCUT2D eigenvalue weighted by Gasteiger charge is 2.22. The summed E-state index contributed by atoms with van der Waals surface area (Å²) in [6, 6.07) is 8.13. The number of ether oxygens (including phenoxy) is 1. The van der Waals surface area contributed by atoms with Crippen molar-refractivity contribution in [2.24, 2.45) is 5.92 Å². The molecule has 2 aliphatic heterocycles. The zero-order valence-corrected chi connectivity index (χ0v) is 13.6. The molecule has 124 valence electrons. The molecule has 0 saturated carbocycles. The van der Waals surface area contributed by atoms with E-state index in [4.69, 9.17) is 9.26 Å². The monoisotopic (exact) mass is 315 g/mol. The van der Waals surface area contributed by atoms with Gasteiger partial charge in [-0.25, -0.2) is 0 Å². The van der Waals surface area contributed by atoms with E-state index in [1.54, 1.807) is 0 Å². The predicted molar refractivity (Wildman–Crippen MR) is 89.3 cm³/mol. The van der Waals surface area contributed by atoms with Crippen LogP contribution in [0.1, 0.15) is 18.5 Å². The Balaban J connectivity index is 1.29. The second-order valence-corrected chi connectivity index (χ2v) is 6.76. The van der Waals surface area contributed by atoms with E-state index < -0.39 is 0 Å². The highest BCUT2D eigenvalue weighted by atomic mass is 16.5. The smallest absolute Gasteiger partial charge is 0.167 e. The molecule has 0 N–H and O–H groups in total. The summed E-state index contributed by atoms with van der Waals surface area (Å²) >= 11 is 0. The fraction of sp³-hybridized carbons (Fsp3) is 0.611. The fourth-order valence-electron chi connectivity index (χ4n) is 3.69. The Morgan fingerprint density at radius 2 is 1.74 bits per heavy atom. The van der Waals surface area contributed by atoms with E-state index in [1.165, 1.54) is 19.4 Å². The van der Waals surface area contributed by atoms with Gasteiger partial charge in [0, 0.05) is 57.9 Å². The minimum Gasteiger partial charge on any atom is -0.381 e. The minimum atomic E-state index is 0.829. The number of nitrogens with zero attached hydrogens (tertiary/aromatic N) is 3. The Kier molecular flexibility index (Phi) is 4.60. The molecular formula is C18H25N3O2. The van der Waals surface area contributed by atoms with Gasteiger partial charge in [0.15, 0.2) is 5.58 Å². The van der Waals surface area contributed by atoms with Gasteiger partial charge in [0.1, 0.15) is 5.69 Å². The van der Waals surface area contributed by atoms with Gasteiger partial charge in [-0.15, -0.1) is 0 Å². The first kappa shape index (κ1) is 15.1. The number of hydrogen-bond acceptors (Lipinski definition) is 5. The van der Waals surface area contributed by atoms with Crippen molar-refractivity contribution in [1.82, 2.24) is 15.0 Å². The molecule has 0 atom stereocenters. The second kappa shape index (κ2) is 6.99.